The van der Waals surface area contributed by atoms with Gasteiger partial charge in [0.2, 0.25) is 0 Å². The topological polar surface area (TPSA) is 53.4 Å². The van der Waals surface area contributed by atoms with Crippen molar-refractivity contribution in [2.45, 2.75) is 26.8 Å². The largest absolute Gasteiger partial charge is 0.493 e. The van der Waals surface area contributed by atoms with E-state index in [1.807, 2.05) is 31.2 Å². The summed E-state index contributed by atoms with van der Waals surface area (Å²) in [4.78, 5) is 12.4. The summed E-state index contributed by atoms with van der Waals surface area (Å²) in [5.41, 5.74) is 3.01. The van der Waals surface area contributed by atoms with Crippen molar-refractivity contribution in [3.63, 3.8) is 0 Å². The van der Waals surface area contributed by atoms with Crippen LogP contribution in [-0.4, -0.2) is 29.0 Å². The molecular formula is C22H22ClFN2O3. The smallest absolute Gasteiger partial charge is 0.343 e. The highest BCUT2D eigenvalue weighted by molar-refractivity contribution is 6.32. The van der Waals surface area contributed by atoms with Crippen LogP contribution in [0.1, 0.15) is 33.6 Å². The van der Waals surface area contributed by atoms with Gasteiger partial charge < -0.3 is 9.47 Å². The molecule has 0 aliphatic heterocycles. The van der Waals surface area contributed by atoms with Gasteiger partial charge in [0, 0.05) is 6.42 Å². The lowest BCUT2D eigenvalue weighted by Crippen LogP contribution is -2.10. The third-order valence-electron chi connectivity index (χ3n) is 4.33. The van der Waals surface area contributed by atoms with E-state index in [0.717, 1.165) is 5.56 Å². The SMILES string of the molecule is Cc1ccc(Cn2nc(C)c(C(=O)OCCCOc3ccc(F)cc3)c2Cl)cc1. The number of benzene rings is 2. The lowest BCUT2D eigenvalue weighted by atomic mass is 10.1. The van der Waals surface area contributed by atoms with E-state index in [1.165, 1.54) is 17.7 Å². The van der Waals surface area contributed by atoms with Crippen LogP contribution in [0.2, 0.25) is 5.15 Å². The van der Waals surface area contributed by atoms with Crippen LogP contribution >= 0.6 is 11.6 Å². The number of esters is 1. The Morgan fingerprint density at radius 3 is 2.45 bits per heavy atom. The highest BCUT2D eigenvalue weighted by atomic mass is 35.5. The Morgan fingerprint density at radius 1 is 1.07 bits per heavy atom. The number of ether oxygens (including phenoxy) is 2. The van der Waals surface area contributed by atoms with Crippen molar-refractivity contribution in [2.24, 2.45) is 0 Å². The highest BCUT2D eigenvalue weighted by Gasteiger charge is 2.21. The van der Waals surface area contributed by atoms with Crippen molar-refractivity contribution in [3.05, 3.63) is 81.9 Å². The van der Waals surface area contributed by atoms with Crippen molar-refractivity contribution in [1.29, 1.82) is 0 Å². The summed E-state index contributed by atoms with van der Waals surface area (Å²) in [5.74, 6) is -0.264. The Labute approximate surface area is 174 Å². The minimum absolute atomic E-state index is 0.180. The maximum atomic E-state index is 12.9. The quantitative estimate of drug-likeness (QED) is 0.384. The van der Waals surface area contributed by atoms with Gasteiger partial charge in [-0.1, -0.05) is 41.4 Å². The molecule has 5 nitrogen and oxygen atoms in total. The zero-order valence-electron chi connectivity index (χ0n) is 16.3. The van der Waals surface area contributed by atoms with Crippen molar-refractivity contribution >= 4 is 17.6 Å². The third-order valence-corrected chi connectivity index (χ3v) is 4.71. The molecule has 2 aromatic carbocycles. The van der Waals surface area contributed by atoms with Gasteiger partial charge in [0.05, 0.1) is 25.5 Å². The molecule has 3 aromatic rings. The van der Waals surface area contributed by atoms with E-state index in [9.17, 15) is 9.18 Å². The molecule has 0 amide bonds. The molecule has 29 heavy (non-hydrogen) atoms. The van der Waals surface area contributed by atoms with Gasteiger partial charge in [0.15, 0.2) is 0 Å². The molecule has 0 fully saturated rings. The number of aryl methyl sites for hydroxylation is 2. The number of carbonyl (C=O) groups is 1. The summed E-state index contributed by atoms with van der Waals surface area (Å²) >= 11 is 6.38. The fourth-order valence-electron chi connectivity index (χ4n) is 2.77. The van der Waals surface area contributed by atoms with Gasteiger partial charge >= 0.3 is 5.97 Å². The van der Waals surface area contributed by atoms with Crippen molar-refractivity contribution < 1.29 is 18.7 Å². The van der Waals surface area contributed by atoms with Crippen molar-refractivity contribution in [3.8, 4) is 5.75 Å². The van der Waals surface area contributed by atoms with Crippen LogP contribution < -0.4 is 4.74 Å². The molecule has 0 N–H and O–H groups in total. The Bertz CT molecular complexity index is 969. The van der Waals surface area contributed by atoms with E-state index in [1.54, 1.807) is 23.7 Å². The second kappa shape index (κ2) is 9.56. The van der Waals surface area contributed by atoms with E-state index >= 15 is 0 Å². The van der Waals surface area contributed by atoms with Gasteiger partial charge in [0.1, 0.15) is 22.3 Å². The first-order chi connectivity index (χ1) is 13.9. The van der Waals surface area contributed by atoms with Crippen LogP contribution in [0.15, 0.2) is 48.5 Å². The molecule has 1 heterocycles. The first-order valence-electron chi connectivity index (χ1n) is 9.28. The second-order valence-corrected chi connectivity index (χ2v) is 7.04. The zero-order valence-corrected chi connectivity index (χ0v) is 17.1. The Balaban J connectivity index is 1.51. The predicted molar refractivity (Wildman–Crippen MR) is 109 cm³/mol. The molecule has 0 atom stereocenters. The molecule has 0 radical (unpaired) electrons. The van der Waals surface area contributed by atoms with Gasteiger partial charge in [-0.3, -0.25) is 0 Å². The summed E-state index contributed by atoms with van der Waals surface area (Å²) < 4.78 is 25.2. The maximum absolute atomic E-state index is 12.9. The van der Waals surface area contributed by atoms with Crippen molar-refractivity contribution in [1.82, 2.24) is 9.78 Å². The Kier molecular flexibility index (Phi) is 6.88. The summed E-state index contributed by atoms with van der Waals surface area (Å²) in [5, 5.41) is 4.63. The number of hydrogen-bond acceptors (Lipinski definition) is 4. The number of nitrogens with zero attached hydrogens (tertiary/aromatic N) is 2. The van der Waals surface area contributed by atoms with Gasteiger partial charge in [-0.05, 0) is 43.7 Å². The van der Waals surface area contributed by atoms with E-state index in [-0.39, 0.29) is 23.1 Å². The highest BCUT2D eigenvalue weighted by Crippen LogP contribution is 2.22. The van der Waals surface area contributed by atoms with Gasteiger partial charge in [-0.25, -0.2) is 13.9 Å². The molecule has 152 valence electrons. The molecule has 0 saturated carbocycles. The van der Waals surface area contributed by atoms with Crippen molar-refractivity contribution in [2.75, 3.05) is 13.2 Å². The van der Waals surface area contributed by atoms with Gasteiger partial charge in [-0.2, -0.15) is 5.10 Å². The normalized spacial score (nSPS) is 10.8. The number of halogens is 2. The minimum atomic E-state index is -0.510. The van der Waals surface area contributed by atoms with Crippen LogP contribution in [0, 0.1) is 19.7 Å². The summed E-state index contributed by atoms with van der Waals surface area (Å²) in [6, 6.07) is 13.8. The number of carbonyl (C=O) groups excluding carboxylic acids is 1. The van der Waals surface area contributed by atoms with Gasteiger partial charge in [0.25, 0.3) is 0 Å². The Hall–Kier alpha value is -2.86. The molecule has 0 saturated heterocycles. The molecule has 1 aromatic heterocycles. The fourth-order valence-corrected chi connectivity index (χ4v) is 3.08. The molecule has 7 heteroatoms. The monoisotopic (exact) mass is 416 g/mol. The predicted octanol–water partition coefficient (Wildman–Crippen LogP) is 4.97. The van der Waals surface area contributed by atoms with E-state index in [4.69, 9.17) is 21.1 Å². The minimum Gasteiger partial charge on any atom is -0.493 e. The first kappa shape index (κ1) is 20.9. The van der Waals surface area contributed by atoms with Crippen LogP contribution in [0.3, 0.4) is 0 Å². The van der Waals surface area contributed by atoms with Gasteiger partial charge in [-0.15, -0.1) is 0 Å². The number of rotatable bonds is 8. The second-order valence-electron chi connectivity index (χ2n) is 6.69. The first-order valence-corrected chi connectivity index (χ1v) is 9.66. The molecule has 0 unspecified atom stereocenters. The van der Waals surface area contributed by atoms with E-state index in [2.05, 4.69) is 5.10 Å². The standard InChI is InChI=1S/C22H22ClFN2O3/c1-15-4-6-17(7-5-15)14-26-21(23)20(16(2)25-26)22(27)29-13-3-12-28-19-10-8-18(24)9-11-19/h4-11H,3,12-14H2,1-2H3. The number of aromatic nitrogens is 2. The summed E-state index contributed by atoms with van der Waals surface area (Å²) in [7, 11) is 0. The number of hydrogen-bond donors (Lipinski definition) is 0. The average Bonchev–Trinajstić information content (AvgIpc) is 2.98. The summed E-state index contributed by atoms with van der Waals surface area (Å²) in [6.07, 6.45) is 0.497. The molecule has 3 rings (SSSR count). The van der Waals surface area contributed by atoms with Crippen LogP contribution in [-0.2, 0) is 11.3 Å². The molecular weight excluding hydrogens is 395 g/mol. The molecule has 0 aliphatic carbocycles. The Morgan fingerprint density at radius 2 is 1.76 bits per heavy atom. The van der Waals surface area contributed by atoms with Crippen LogP contribution in [0.25, 0.3) is 0 Å². The van der Waals surface area contributed by atoms with E-state index in [0.29, 0.717) is 31.0 Å². The fraction of sp³-hybridized carbons (Fsp3) is 0.273. The van der Waals surface area contributed by atoms with Crippen LogP contribution in [0.4, 0.5) is 4.39 Å². The third kappa shape index (κ3) is 5.57. The lowest BCUT2D eigenvalue weighted by molar-refractivity contribution is 0.0485. The van der Waals surface area contributed by atoms with E-state index < -0.39 is 5.97 Å². The average molecular weight is 417 g/mol. The molecule has 0 bridgehead atoms. The van der Waals surface area contributed by atoms with Crippen LogP contribution in [0.5, 0.6) is 5.75 Å². The summed E-state index contributed by atoms with van der Waals surface area (Å²) in [6.45, 7) is 4.75. The zero-order chi connectivity index (χ0) is 20.8. The maximum Gasteiger partial charge on any atom is 0.343 e. The molecule has 0 aliphatic rings. The lowest BCUT2D eigenvalue weighted by Gasteiger charge is -2.07. The molecule has 0 spiro atoms.